The fourth-order valence-corrected chi connectivity index (χ4v) is 1.67. The molecule has 0 aliphatic rings. The van der Waals surface area contributed by atoms with Gasteiger partial charge in [0.1, 0.15) is 5.75 Å². The molecule has 4 N–H and O–H groups in total. The molecule has 0 amide bonds. The Balaban J connectivity index is 2.14. The summed E-state index contributed by atoms with van der Waals surface area (Å²) in [6.45, 7) is 0.410. The van der Waals surface area contributed by atoms with Gasteiger partial charge >= 0.3 is 0 Å². The van der Waals surface area contributed by atoms with Crippen LogP contribution < -0.4 is 11.1 Å². The lowest BCUT2D eigenvalue weighted by molar-refractivity contribution is 0.469. The van der Waals surface area contributed by atoms with Crippen molar-refractivity contribution in [2.45, 2.75) is 6.54 Å². The summed E-state index contributed by atoms with van der Waals surface area (Å²) >= 11 is 0. The Morgan fingerprint density at radius 3 is 2.72 bits per heavy atom. The fraction of sp³-hybridized carbons (Fsp3) is 0.0714. The van der Waals surface area contributed by atoms with Gasteiger partial charge in [0.25, 0.3) is 0 Å². The third-order valence-corrected chi connectivity index (χ3v) is 2.65. The second-order valence-corrected chi connectivity index (χ2v) is 3.89. The lowest BCUT2D eigenvalue weighted by Gasteiger charge is -2.10. The molecule has 0 aliphatic heterocycles. The topological polar surface area (TPSA) is 82.1 Å². The molecule has 2 rings (SSSR count). The second kappa shape index (κ2) is 5.11. The molecule has 0 heterocycles. The molecule has 0 radical (unpaired) electrons. The van der Waals surface area contributed by atoms with Crippen LogP contribution in [0.15, 0.2) is 42.5 Å². The highest BCUT2D eigenvalue weighted by atomic mass is 16.3. The highest BCUT2D eigenvalue weighted by Gasteiger charge is 2.04. The highest BCUT2D eigenvalue weighted by molar-refractivity contribution is 5.56. The molecule has 0 fully saturated rings. The number of hydrogen-bond donors (Lipinski definition) is 3. The zero-order valence-corrected chi connectivity index (χ0v) is 9.72. The third-order valence-electron chi connectivity index (χ3n) is 2.65. The van der Waals surface area contributed by atoms with Crippen molar-refractivity contribution in [1.82, 2.24) is 0 Å². The number of hydrogen-bond acceptors (Lipinski definition) is 4. The van der Waals surface area contributed by atoms with Gasteiger partial charge in [-0.2, -0.15) is 5.26 Å². The molecule has 0 atom stereocenters. The van der Waals surface area contributed by atoms with Crippen LogP contribution in [0.25, 0.3) is 0 Å². The van der Waals surface area contributed by atoms with Gasteiger partial charge in [-0.1, -0.05) is 12.1 Å². The number of nitriles is 1. The Kier molecular flexibility index (Phi) is 3.35. The number of nitrogen functional groups attached to an aromatic ring is 1. The van der Waals surface area contributed by atoms with Crippen molar-refractivity contribution in [2.24, 2.45) is 0 Å². The van der Waals surface area contributed by atoms with Gasteiger partial charge in [0, 0.05) is 23.5 Å². The Morgan fingerprint density at radius 1 is 1.22 bits per heavy atom. The minimum Gasteiger partial charge on any atom is -0.508 e. The Morgan fingerprint density at radius 2 is 2.00 bits per heavy atom. The van der Waals surface area contributed by atoms with E-state index in [4.69, 9.17) is 11.0 Å². The van der Waals surface area contributed by atoms with Crippen LogP contribution in [0, 0.1) is 11.3 Å². The van der Waals surface area contributed by atoms with E-state index in [9.17, 15) is 5.11 Å². The van der Waals surface area contributed by atoms with Crippen molar-refractivity contribution in [1.29, 1.82) is 5.26 Å². The van der Waals surface area contributed by atoms with Gasteiger partial charge in [-0.15, -0.1) is 0 Å². The van der Waals surface area contributed by atoms with Gasteiger partial charge in [-0.3, -0.25) is 0 Å². The van der Waals surface area contributed by atoms with Crippen molar-refractivity contribution in [3.8, 4) is 11.8 Å². The molecule has 2 aromatic rings. The van der Waals surface area contributed by atoms with Crippen molar-refractivity contribution in [2.75, 3.05) is 11.1 Å². The number of nitrogens with two attached hydrogens (primary N) is 1. The Bertz CT molecular complexity index is 582. The van der Waals surface area contributed by atoms with E-state index in [1.807, 2.05) is 6.07 Å². The molecule has 0 aliphatic carbocycles. The molecule has 0 bridgehead atoms. The first-order valence-electron chi connectivity index (χ1n) is 5.51. The quantitative estimate of drug-likeness (QED) is 0.718. The Hall–Kier alpha value is -2.67. The normalized spacial score (nSPS) is 9.72. The fourth-order valence-electron chi connectivity index (χ4n) is 1.67. The first kappa shape index (κ1) is 11.8. The van der Waals surface area contributed by atoms with Crippen LogP contribution in [-0.4, -0.2) is 5.11 Å². The largest absolute Gasteiger partial charge is 0.508 e. The number of benzene rings is 2. The zero-order chi connectivity index (χ0) is 13.0. The molecule has 90 valence electrons. The van der Waals surface area contributed by atoms with E-state index in [-0.39, 0.29) is 5.75 Å². The Labute approximate surface area is 105 Å². The van der Waals surface area contributed by atoms with Gasteiger partial charge < -0.3 is 16.2 Å². The molecule has 4 nitrogen and oxygen atoms in total. The molecule has 0 aromatic heterocycles. The van der Waals surface area contributed by atoms with E-state index in [0.29, 0.717) is 23.4 Å². The van der Waals surface area contributed by atoms with E-state index in [0.717, 1.165) is 5.69 Å². The summed E-state index contributed by atoms with van der Waals surface area (Å²) in [5, 5.41) is 21.6. The van der Waals surface area contributed by atoms with Gasteiger partial charge in [0.2, 0.25) is 0 Å². The summed E-state index contributed by atoms with van der Waals surface area (Å²) in [7, 11) is 0. The van der Waals surface area contributed by atoms with E-state index in [1.54, 1.807) is 36.4 Å². The summed E-state index contributed by atoms with van der Waals surface area (Å²) in [5.41, 5.74) is 8.39. The van der Waals surface area contributed by atoms with Crippen molar-refractivity contribution < 1.29 is 5.11 Å². The van der Waals surface area contributed by atoms with Crippen molar-refractivity contribution in [3.63, 3.8) is 0 Å². The standard InChI is InChI=1S/C14H13N3O/c15-8-10-3-1-4-11(7-10)17-9-12-13(16)5-2-6-14(12)18/h1-7,17-18H,9,16H2. The summed E-state index contributed by atoms with van der Waals surface area (Å²) in [5.74, 6) is 0.166. The van der Waals surface area contributed by atoms with Crippen LogP contribution in [0.4, 0.5) is 11.4 Å². The molecule has 0 saturated carbocycles. The average Bonchev–Trinajstić information content (AvgIpc) is 2.38. The van der Waals surface area contributed by atoms with Crippen LogP contribution in [0.5, 0.6) is 5.75 Å². The van der Waals surface area contributed by atoms with Crippen LogP contribution in [0.2, 0.25) is 0 Å². The maximum Gasteiger partial charge on any atom is 0.122 e. The molecular formula is C14H13N3O. The van der Waals surface area contributed by atoms with Crippen molar-refractivity contribution >= 4 is 11.4 Å². The van der Waals surface area contributed by atoms with Crippen LogP contribution in [-0.2, 0) is 6.54 Å². The SMILES string of the molecule is N#Cc1cccc(NCc2c(N)cccc2O)c1. The van der Waals surface area contributed by atoms with Gasteiger partial charge in [0.15, 0.2) is 0 Å². The smallest absolute Gasteiger partial charge is 0.122 e. The first-order valence-corrected chi connectivity index (χ1v) is 5.51. The third kappa shape index (κ3) is 2.53. The zero-order valence-electron chi connectivity index (χ0n) is 9.72. The number of aromatic hydroxyl groups is 1. The van der Waals surface area contributed by atoms with E-state index in [2.05, 4.69) is 11.4 Å². The number of phenolic OH excluding ortho intramolecular Hbond substituents is 1. The summed E-state index contributed by atoms with van der Waals surface area (Å²) < 4.78 is 0. The van der Waals surface area contributed by atoms with E-state index >= 15 is 0 Å². The number of phenols is 1. The molecule has 2 aromatic carbocycles. The highest BCUT2D eigenvalue weighted by Crippen LogP contribution is 2.24. The average molecular weight is 239 g/mol. The minimum atomic E-state index is 0.166. The minimum absolute atomic E-state index is 0.166. The molecule has 18 heavy (non-hydrogen) atoms. The predicted octanol–water partition coefficient (Wildman–Crippen LogP) is 2.46. The number of nitrogens with one attached hydrogen (secondary N) is 1. The second-order valence-electron chi connectivity index (χ2n) is 3.89. The first-order chi connectivity index (χ1) is 8.70. The lowest BCUT2D eigenvalue weighted by Crippen LogP contribution is -2.03. The summed E-state index contributed by atoms with van der Waals surface area (Å²) in [4.78, 5) is 0. The van der Waals surface area contributed by atoms with Gasteiger partial charge in [0.05, 0.1) is 11.6 Å². The molecule has 0 spiro atoms. The molecule has 0 unspecified atom stereocenters. The monoisotopic (exact) mass is 239 g/mol. The van der Waals surface area contributed by atoms with Crippen molar-refractivity contribution in [3.05, 3.63) is 53.6 Å². The van der Waals surface area contributed by atoms with E-state index in [1.165, 1.54) is 0 Å². The van der Waals surface area contributed by atoms with Gasteiger partial charge in [-0.25, -0.2) is 0 Å². The number of nitrogens with zero attached hydrogens (tertiary/aromatic N) is 1. The molecule has 0 saturated heterocycles. The lowest BCUT2D eigenvalue weighted by atomic mass is 10.1. The van der Waals surface area contributed by atoms with Crippen LogP contribution in [0.3, 0.4) is 0 Å². The van der Waals surface area contributed by atoms with Crippen LogP contribution in [0.1, 0.15) is 11.1 Å². The molecule has 4 heteroatoms. The maximum atomic E-state index is 9.70. The predicted molar refractivity (Wildman–Crippen MR) is 71.0 cm³/mol. The summed E-state index contributed by atoms with van der Waals surface area (Å²) in [6.07, 6.45) is 0. The van der Waals surface area contributed by atoms with Gasteiger partial charge in [-0.05, 0) is 30.3 Å². The summed E-state index contributed by atoms with van der Waals surface area (Å²) in [6, 6.07) is 14.2. The molecular weight excluding hydrogens is 226 g/mol. The van der Waals surface area contributed by atoms with E-state index < -0.39 is 0 Å². The maximum absolute atomic E-state index is 9.70. The number of anilines is 2. The number of rotatable bonds is 3. The van der Waals surface area contributed by atoms with Crippen LogP contribution >= 0.6 is 0 Å².